The van der Waals surface area contributed by atoms with E-state index in [4.69, 9.17) is 4.74 Å². The fourth-order valence-electron chi connectivity index (χ4n) is 2.58. The first kappa shape index (κ1) is 12.7. The maximum Gasteiger partial charge on any atom is 0.128 e. The minimum absolute atomic E-state index is 0.409. The summed E-state index contributed by atoms with van der Waals surface area (Å²) in [7, 11) is 0. The van der Waals surface area contributed by atoms with E-state index in [9.17, 15) is 5.11 Å². The minimum Gasteiger partial charge on any atom is -0.493 e. The summed E-state index contributed by atoms with van der Waals surface area (Å²) in [6, 6.07) is 10.3. The summed E-state index contributed by atoms with van der Waals surface area (Å²) in [5.41, 5.74) is 2.19. The molecule has 2 heterocycles. The van der Waals surface area contributed by atoms with E-state index in [0.717, 1.165) is 43.6 Å². The number of ether oxygens (including phenoxy) is 1. The standard InChI is InChI=1S/C16H18O2S/c17-15(8-2-5-13-6-3-11-19-13)14-7-1-4-12-9-10-18-16(12)14/h1,3-4,6-7,11,15,17H,2,5,8-10H2. The van der Waals surface area contributed by atoms with Crippen LogP contribution in [-0.2, 0) is 12.8 Å². The molecule has 1 aliphatic heterocycles. The normalized spacial score (nSPS) is 15.0. The van der Waals surface area contributed by atoms with Crippen LogP contribution in [0.5, 0.6) is 5.75 Å². The van der Waals surface area contributed by atoms with Crippen molar-refractivity contribution in [1.29, 1.82) is 0 Å². The number of fused-ring (bicyclic) bond motifs is 1. The van der Waals surface area contributed by atoms with Gasteiger partial charge in [0.1, 0.15) is 5.75 Å². The number of aryl methyl sites for hydroxylation is 1. The van der Waals surface area contributed by atoms with Gasteiger partial charge in [0.2, 0.25) is 0 Å². The van der Waals surface area contributed by atoms with Crippen molar-refractivity contribution in [3.8, 4) is 5.75 Å². The summed E-state index contributed by atoms with van der Waals surface area (Å²) in [4.78, 5) is 1.39. The number of para-hydroxylation sites is 1. The van der Waals surface area contributed by atoms with Gasteiger partial charge in [-0.1, -0.05) is 24.3 Å². The SMILES string of the molecule is OC(CCCc1cccs1)c1cccc2c1OCC2. The fraction of sp³-hybridized carbons (Fsp3) is 0.375. The highest BCUT2D eigenvalue weighted by atomic mass is 32.1. The average molecular weight is 274 g/mol. The van der Waals surface area contributed by atoms with E-state index in [0.29, 0.717) is 0 Å². The van der Waals surface area contributed by atoms with Gasteiger partial charge in [-0.05, 0) is 36.3 Å². The lowest BCUT2D eigenvalue weighted by Crippen LogP contribution is -2.01. The maximum atomic E-state index is 10.3. The van der Waals surface area contributed by atoms with Gasteiger partial charge in [-0.25, -0.2) is 0 Å². The third-order valence-corrected chi connectivity index (χ3v) is 4.52. The van der Waals surface area contributed by atoms with Gasteiger partial charge in [0.25, 0.3) is 0 Å². The zero-order chi connectivity index (χ0) is 13.1. The Balaban J connectivity index is 1.61. The van der Waals surface area contributed by atoms with Crippen molar-refractivity contribution in [3.63, 3.8) is 0 Å². The molecule has 2 aromatic rings. The van der Waals surface area contributed by atoms with Gasteiger partial charge in [0, 0.05) is 16.9 Å². The van der Waals surface area contributed by atoms with Gasteiger partial charge in [-0.15, -0.1) is 11.3 Å². The van der Waals surface area contributed by atoms with E-state index < -0.39 is 6.10 Å². The molecule has 3 rings (SSSR count). The molecule has 0 amide bonds. The second-order valence-electron chi connectivity index (χ2n) is 4.92. The van der Waals surface area contributed by atoms with Crippen molar-refractivity contribution in [2.75, 3.05) is 6.61 Å². The van der Waals surface area contributed by atoms with E-state index in [1.165, 1.54) is 10.4 Å². The lowest BCUT2D eigenvalue weighted by molar-refractivity contribution is 0.160. The molecule has 2 nitrogen and oxygen atoms in total. The number of aliphatic hydroxyl groups excluding tert-OH is 1. The molecule has 1 atom stereocenters. The van der Waals surface area contributed by atoms with Crippen molar-refractivity contribution < 1.29 is 9.84 Å². The Labute approximate surface area is 117 Å². The molecule has 0 aliphatic carbocycles. The zero-order valence-electron chi connectivity index (χ0n) is 10.8. The number of aliphatic hydroxyl groups is 1. The largest absolute Gasteiger partial charge is 0.493 e. The first-order valence-electron chi connectivity index (χ1n) is 6.79. The number of rotatable bonds is 5. The van der Waals surface area contributed by atoms with Crippen molar-refractivity contribution in [3.05, 3.63) is 51.7 Å². The molecule has 1 aliphatic rings. The van der Waals surface area contributed by atoms with Crippen LogP contribution in [0, 0.1) is 0 Å². The van der Waals surface area contributed by atoms with Crippen LogP contribution in [-0.4, -0.2) is 11.7 Å². The molecule has 19 heavy (non-hydrogen) atoms. The molecule has 1 unspecified atom stereocenters. The van der Waals surface area contributed by atoms with Gasteiger partial charge in [0.15, 0.2) is 0 Å². The van der Waals surface area contributed by atoms with Crippen LogP contribution in [0.2, 0.25) is 0 Å². The molecule has 0 saturated heterocycles. The lowest BCUT2D eigenvalue weighted by atomic mass is 10.00. The molecule has 3 heteroatoms. The Morgan fingerprint density at radius 3 is 3.05 bits per heavy atom. The Hall–Kier alpha value is -1.32. The highest BCUT2D eigenvalue weighted by Crippen LogP contribution is 2.35. The van der Waals surface area contributed by atoms with Crippen LogP contribution in [0.15, 0.2) is 35.7 Å². The summed E-state index contributed by atoms with van der Waals surface area (Å²) >= 11 is 1.78. The van der Waals surface area contributed by atoms with E-state index in [2.05, 4.69) is 23.6 Å². The summed E-state index contributed by atoms with van der Waals surface area (Å²) in [5.74, 6) is 0.922. The lowest BCUT2D eigenvalue weighted by Gasteiger charge is -2.14. The van der Waals surface area contributed by atoms with Crippen LogP contribution in [0.3, 0.4) is 0 Å². The molecule has 100 valence electrons. The topological polar surface area (TPSA) is 29.5 Å². The Kier molecular flexibility index (Phi) is 3.85. The van der Waals surface area contributed by atoms with Crippen molar-refractivity contribution in [2.24, 2.45) is 0 Å². The van der Waals surface area contributed by atoms with Crippen molar-refractivity contribution in [1.82, 2.24) is 0 Å². The van der Waals surface area contributed by atoms with E-state index in [1.54, 1.807) is 11.3 Å². The molecule has 0 spiro atoms. The van der Waals surface area contributed by atoms with Crippen LogP contribution >= 0.6 is 11.3 Å². The third-order valence-electron chi connectivity index (χ3n) is 3.58. The molecular formula is C16H18O2S. The second kappa shape index (κ2) is 5.76. The highest BCUT2D eigenvalue weighted by molar-refractivity contribution is 7.09. The van der Waals surface area contributed by atoms with Crippen LogP contribution in [0.1, 0.15) is 34.9 Å². The maximum absolute atomic E-state index is 10.3. The molecule has 0 saturated carbocycles. The second-order valence-corrected chi connectivity index (χ2v) is 5.95. The molecule has 0 fully saturated rings. The number of benzene rings is 1. The van der Waals surface area contributed by atoms with Crippen molar-refractivity contribution >= 4 is 11.3 Å². The van der Waals surface area contributed by atoms with Crippen LogP contribution in [0.4, 0.5) is 0 Å². The summed E-state index contributed by atoms with van der Waals surface area (Å²) in [6.45, 7) is 0.744. The first-order chi connectivity index (χ1) is 9.34. The molecule has 1 aromatic heterocycles. The predicted molar refractivity (Wildman–Crippen MR) is 77.9 cm³/mol. The zero-order valence-corrected chi connectivity index (χ0v) is 11.7. The van der Waals surface area contributed by atoms with Gasteiger partial charge >= 0.3 is 0 Å². The third kappa shape index (κ3) is 2.82. The van der Waals surface area contributed by atoms with Gasteiger partial charge in [-0.2, -0.15) is 0 Å². The van der Waals surface area contributed by atoms with E-state index >= 15 is 0 Å². The van der Waals surface area contributed by atoms with E-state index in [1.807, 2.05) is 12.1 Å². The Morgan fingerprint density at radius 1 is 1.26 bits per heavy atom. The molecule has 1 N–H and O–H groups in total. The quantitative estimate of drug-likeness (QED) is 0.900. The molecule has 0 radical (unpaired) electrons. The minimum atomic E-state index is -0.409. The first-order valence-corrected chi connectivity index (χ1v) is 7.67. The predicted octanol–water partition coefficient (Wildman–Crippen LogP) is 3.74. The highest BCUT2D eigenvalue weighted by Gasteiger charge is 2.20. The van der Waals surface area contributed by atoms with Crippen LogP contribution < -0.4 is 4.74 Å². The number of hydrogen-bond acceptors (Lipinski definition) is 3. The molecular weight excluding hydrogens is 256 g/mol. The summed E-state index contributed by atoms with van der Waals surface area (Å²) in [6.07, 6.45) is 3.40. The molecule has 1 aromatic carbocycles. The average Bonchev–Trinajstić information content (AvgIpc) is 3.08. The van der Waals surface area contributed by atoms with Gasteiger partial charge in [0.05, 0.1) is 12.7 Å². The summed E-state index contributed by atoms with van der Waals surface area (Å²) in [5, 5.41) is 12.4. The van der Waals surface area contributed by atoms with Crippen LogP contribution in [0.25, 0.3) is 0 Å². The molecule has 0 bridgehead atoms. The smallest absolute Gasteiger partial charge is 0.128 e. The number of hydrogen-bond donors (Lipinski definition) is 1. The monoisotopic (exact) mass is 274 g/mol. The Morgan fingerprint density at radius 2 is 2.21 bits per heavy atom. The Bertz CT molecular complexity index is 534. The fourth-order valence-corrected chi connectivity index (χ4v) is 3.33. The van der Waals surface area contributed by atoms with Gasteiger partial charge < -0.3 is 9.84 Å². The van der Waals surface area contributed by atoms with Crippen molar-refractivity contribution in [2.45, 2.75) is 31.8 Å². The van der Waals surface area contributed by atoms with Gasteiger partial charge in [-0.3, -0.25) is 0 Å². The number of thiophene rings is 1. The summed E-state index contributed by atoms with van der Waals surface area (Å²) < 4.78 is 5.64. The van der Waals surface area contributed by atoms with E-state index in [-0.39, 0.29) is 0 Å².